The van der Waals surface area contributed by atoms with Crippen LogP contribution in [0.5, 0.6) is 0 Å². The highest BCUT2D eigenvalue weighted by Gasteiger charge is 2.30. The smallest absolute Gasteiger partial charge is 0.286 e. The Morgan fingerprint density at radius 1 is 1.12 bits per heavy atom. The zero-order valence-electron chi connectivity index (χ0n) is 12.6. The molecule has 0 radical (unpaired) electrons. The minimum absolute atomic E-state index is 0.0940. The molecule has 4 nitrogen and oxygen atoms in total. The van der Waals surface area contributed by atoms with E-state index in [0.717, 1.165) is 5.56 Å². The van der Waals surface area contributed by atoms with Crippen molar-refractivity contribution < 1.29 is 13.2 Å². The molecule has 0 amide bonds. The molecule has 1 heterocycles. The van der Waals surface area contributed by atoms with Crippen molar-refractivity contribution in [3.8, 4) is 0 Å². The van der Waals surface area contributed by atoms with Crippen LogP contribution >= 0.6 is 35.0 Å². The molecule has 2 aromatic carbocycles. The van der Waals surface area contributed by atoms with Gasteiger partial charge < -0.3 is 4.74 Å². The molecule has 24 heavy (non-hydrogen) atoms. The van der Waals surface area contributed by atoms with Crippen molar-refractivity contribution in [3.05, 3.63) is 63.6 Å². The van der Waals surface area contributed by atoms with Crippen molar-refractivity contribution in [3.63, 3.8) is 0 Å². The molecule has 0 spiro atoms. The Labute approximate surface area is 154 Å². The average Bonchev–Trinajstić information content (AvgIpc) is 2.95. The quantitative estimate of drug-likeness (QED) is 0.737. The molecule has 8 heteroatoms. The van der Waals surface area contributed by atoms with Gasteiger partial charge in [0.25, 0.3) is 15.3 Å². The van der Waals surface area contributed by atoms with E-state index in [1.165, 1.54) is 23.9 Å². The Bertz CT molecular complexity index is 876. The second-order valence-corrected chi connectivity index (χ2v) is 8.59. The van der Waals surface area contributed by atoms with Gasteiger partial charge in [0.2, 0.25) is 0 Å². The summed E-state index contributed by atoms with van der Waals surface area (Å²) in [5.74, 6) is 0.492. The van der Waals surface area contributed by atoms with E-state index in [1.807, 2.05) is 6.92 Å². The van der Waals surface area contributed by atoms with Crippen LogP contribution < -0.4 is 0 Å². The van der Waals surface area contributed by atoms with Crippen LogP contribution in [0.1, 0.15) is 17.2 Å². The van der Waals surface area contributed by atoms with E-state index in [9.17, 15) is 8.42 Å². The van der Waals surface area contributed by atoms with Crippen LogP contribution in [0.15, 0.2) is 51.8 Å². The zero-order valence-corrected chi connectivity index (χ0v) is 15.7. The van der Waals surface area contributed by atoms with E-state index >= 15 is 0 Å². The molecule has 0 bridgehead atoms. The molecule has 0 aliphatic carbocycles. The maximum atomic E-state index is 12.3. The summed E-state index contributed by atoms with van der Waals surface area (Å²) in [6, 6.07) is 11.7. The van der Waals surface area contributed by atoms with Gasteiger partial charge in [0.05, 0.1) is 4.90 Å². The summed E-state index contributed by atoms with van der Waals surface area (Å²) in [6.45, 7) is 1.89. The standard InChI is InChI=1S/C16H13Cl2NO3S2/c1-10-5-7-11(8-6-10)24(20,21)19-16-22-14(9-23-16)15-12(17)3-2-4-13(15)18/h2-8,14H,9H2,1H3/b19-16-. The van der Waals surface area contributed by atoms with E-state index in [2.05, 4.69) is 4.40 Å². The summed E-state index contributed by atoms with van der Waals surface area (Å²) >= 11 is 13.6. The Morgan fingerprint density at radius 3 is 2.38 bits per heavy atom. The Kier molecular flexibility index (Phi) is 5.11. The number of ether oxygens (including phenoxy) is 1. The van der Waals surface area contributed by atoms with Crippen molar-refractivity contribution in [1.82, 2.24) is 0 Å². The highest BCUT2D eigenvalue weighted by Crippen LogP contribution is 2.39. The van der Waals surface area contributed by atoms with E-state index in [1.54, 1.807) is 30.3 Å². The van der Waals surface area contributed by atoms with Crippen molar-refractivity contribution in [2.24, 2.45) is 4.40 Å². The van der Waals surface area contributed by atoms with Crippen LogP contribution in [-0.4, -0.2) is 19.4 Å². The van der Waals surface area contributed by atoms with Gasteiger partial charge in [-0.15, -0.1) is 4.40 Å². The molecule has 0 N–H and O–H groups in total. The first-order valence-electron chi connectivity index (χ1n) is 7.02. The minimum Gasteiger partial charge on any atom is -0.463 e. The predicted molar refractivity (Wildman–Crippen MR) is 98.5 cm³/mol. The maximum absolute atomic E-state index is 12.3. The Hall–Kier alpha value is -1.21. The fourth-order valence-electron chi connectivity index (χ4n) is 2.21. The highest BCUT2D eigenvalue weighted by molar-refractivity contribution is 8.14. The van der Waals surface area contributed by atoms with Crippen LogP contribution in [0.25, 0.3) is 0 Å². The van der Waals surface area contributed by atoms with E-state index in [-0.39, 0.29) is 10.1 Å². The van der Waals surface area contributed by atoms with Gasteiger partial charge in [-0.25, -0.2) is 0 Å². The third-order valence-electron chi connectivity index (χ3n) is 3.44. The number of nitrogens with zero attached hydrogens (tertiary/aromatic N) is 1. The number of benzene rings is 2. The lowest BCUT2D eigenvalue weighted by Gasteiger charge is -2.13. The van der Waals surface area contributed by atoms with Gasteiger partial charge in [0.1, 0.15) is 6.10 Å². The van der Waals surface area contributed by atoms with E-state index < -0.39 is 16.1 Å². The van der Waals surface area contributed by atoms with Crippen molar-refractivity contribution in [1.29, 1.82) is 0 Å². The number of hydrogen-bond donors (Lipinski definition) is 0. The van der Waals surface area contributed by atoms with Crippen molar-refractivity contribution >= 4 is 50.2 Å². The van der Waals surface area contributed by atoms with Gasteiger partial charge >= 0.3 is 0 Å². The van der Waals surface area contributed by atoms with Crippen molar-refractivity contribution in [2.75, 3.05) is 5.75 Å². The fraction of sp³-hybridized carbons (Fsp3) is 0.188. The number of thioether (sulfide) groups is 1. The van der Waals surface area contributed by atoms with Crippen LogP contribution in [0.4, 0.5) is 0 Å². The number of halogens is 2. The molecule has 0 saturated carbocycles. The lowest BCUT2D eigenvalue weighted by Crippen LogP contribution is -2.05. The normalized spacial score (nSPS) is 19.5. The molecule has 126 valence electrons. The number of aryl methyl sites for hydroxylation is 1. The molecule has 1 saturated heterocycles. The topological polar surface area (TPSA) is 55.7 Å². The molecule has 1 atom stereocenters. The maximum Gasteiger partial charge on any atom is 0.286 e. The first-order valence-corrected chi connectivity index (χ1v) is 10.2. The summed E-state index contributed by atoms with van der Waals surface area (Å²) < 4.78 is 34.1. The SMILES string of the molecule is Cc1ccc(S(=O)(=O)/N=C2/OC(c3c(Cl)cccc3Cl)CS2)cc1. The monoisotopic (exact) mass is 401 g/mol. The van der Waals surface area contributed by atoms with Gasteiger partial charge in [0.15, 0.2) is 0 Å². The summed E-state index contributed by atoms with van der Waals surface area (Å²) in [5, 5.41) is 1.06. The Morgan fingerprint density at radius 2 is 1.75 bits per heavy atom. The summed E-state index contributed by atoms with van der Waals surface area (Å²) in [7, 11) is -3.81. The van der Waals surface area contributed by atoms with Crippen LogP contribution in [0, 0.1) is 6.92 Å². The molecule has 1 aliphatic rings. The van der Waals surface area contributed by atoms with Gasteiger partial charge in [-0.3, -0.25) is 0 Å². The second-order valence-electron chi connectivity index (χ2n) is 5.20. The van der Waals surface area contributed by atoms with Gasteiger partial charge in [-0.1, -0.05) is 58.7 Å². The molecule has 0 aromatic heterocycles. The fourth-order valence-corrected chi connectivity index (χ4v) is 4.89. The molecule has 1 aliphatic heterocycles. The van der Waals surface area contributed by atoms with Crippen molar-refractivity contribution in [2.45, 2.75) is 17.9 Å². The van der Waals surface area contributed by atoms with Gasteiger partial charge in [-0.05, 0) is 31.2 Å². The van der Waals surface area contributed by atoms with E-state index in [0.29, 0.717) is 21.4 Å². The molecule has 3 rings (SSSR count). The number of sulfonamides is 1. The highest BCUT2D eigenvalue weighted by atomic mass is 35.5. The second kappa shape index (κ2) is 6.96. The predicted octanol–water partition coefficient (Wildman–Crippen LogP) is 4.85. The van der Waals surface area contributed by atoms with Gasteiger partial charge in [-0.2, -0.15) is 8.42 Å². The van der Waals surface area contributed by atoms with Gasteiger partial charge in [0, 0.05) is 21.4 Å². The van der Waals surface area contributed by atoms with Crippen LogP contribution in [-0.2, 0) is 14.8 Å². The molecule has 1 fully saturated rings. The largest absolute Gasteiger partial charge is 0.463 e. The van der Waals surface area contributed by atoms with Crippen LogP contribution in [0.3, 0.4) is 0 Å². The third-order valence-corrected chi connectivity index (χ3v) is 6.39. The Balaban J connectivity index is 1.85. The number of hydrogen-bond acceptors (Lipinski definition) is 4. The third kappa shape index (κ3) is 3.72. The molecular formula is C16H13Cl2NO3S2. The minimum atomic E-state index is -3.81. The molecule has 1 unspecified atom stereocenters. The summed E-state index contributed by atoms with van der Waals surface area (Å²) in [5.41, 5.74) is 1.62. The molecule has 2 aromatic rings. The lowest BCUT2D eigenvalue weighted by atomic mass is 10.1. The molecular weight excluding hydrogens is 389 g/mol. The first kappa shape index (κ1) is 17.6. The lowest BCUT2D eigenvalue weighted by molar-refractivity contribution is 0.237. The zero-order chi connectivity index (χ0) is 17.3. The summed E-state index contributed by atoms with van der Waals surface area (Å²) in [4.78, 5) is 0.129. The number of rotatable bonds is 3. The average molecular weight is 402 g/mol. The summed E-state index contributed by atoms with van der Waals surface area (Å²) in [6.07, 6.45) is -0.428. The van der Waals surface area contributed by atoms with Crippen LogP contribution in [0.2, 0.25) is 10.0 Å². The first-order chi connectivity index (χ1) is 11.4. The van der Waals surface area contributed by atoms with E-state index in [4.69, 9.17) is 27.9 Å².